The fourth-order valence-electron chi connectivity index (χ4n) is 1.09. The third kappa shape index (κ3) is 4.38. The van der Waals surface area contributed by atoms with Gasteiger partial charge in [0.15, 0.2) is 0 Å². The summed E-state index contributed by atoms with van der Waals surface area (Å²) >= 11 is 0. The minimum absolute atomic E-state index is 0.237. The SMILES string of the molecule is CC#CCC(NC)C(C)OCC. The Kier molecular flexibility index (Phi) is 6.84. The van der Waals surface area contributed by atoms with Gasteiger partial charge in [-0.15, -0.1) is 11.8 Å². The van der Waals surface area contributed by atoms with Gasteiger partial charge < -0.3 is 10.1 Å². The smallest absolute Gasteiger partial charge is 0.0709 e. The van der Waals surface area contributed by atoms with Crippen LogP contribution in [0.15, 0.2) is 0 Å². The lowest BCUT2D eigenvalue weighted by atomic mass is 10.1. The summed E-state index contributed by atoms with van der Waals surface area (Å²) in [4.78, 5) is 0. The zero-order valence-corrected chi connectivity index (χ0v) is 8.48. The highest BCUT2D eigenvalue weighted by Gasteiger charge is 2.13. The second-order valence-electron chi connectivity index (χ2n) is 2.69. The maximum atomic E-state index is 5.46. The Balaban J connectivity index is 3.83. The molecule has 0 aromatic carbocycles. The first kappa shape index (κ1) is 11.5. The molecular weight excluding hydrogens is 150 g/mol. The maximum absolute atomic E-state index is 5.46. The zero-order valence-electron chi connectivity index (χ0n) is 8.48. The molecule has 0 aliphatic carbocycles. The molecule has 1 N–H and O–H groups in total. The normalized spacial score (nSPS) is 14.7. The molecule has 0 saturated heterocycles. The van der Waals surface area contributed by atoms with Crippen LogP contribution in [0.1, 0.15) is 27.2 Å². The average molecular weight is 169 g/mol. The summed E-state index contributed by atoms with van der Waals surface area (Å²) in [5.41, 5.74) is 0. The minimum atomic E-state index is 0.237. The first-order chi connectivity index (χ1) is 5.76. The van der Waals surface area contributed by atoms with Gasteiger partial charge in [-0.25, -0.2) is 0 Å². The number of ether oxygens (including phenoxy) is 1. The van der Waals surface area contributed by atoms with Crippen molar-refractivity contribution in [1.82, 2.24) is 5.32 Å². The van der Waals surface area contributed by atoms with Gasteiger partial charge in [0.1, 0.15) is 0 Å². The van der Waals surface area contributed by atoms with Crippen LogP contribution in [-0.2, 0) is 4.74 Å². The van der Waals surface area contributed by atoms with E-state index in [-0.39, 0.29) is 6.10 Å². The highest BCUT2D eigenvalue weighted by molar-refractivity contribution is 4.99. The van der Waals surface area contributed by atoms with Crippen LogP contribution >= 0.6 is 0 Å². The summed E-state index contributed by atoms with van der Waals surface area (Å²) < 4.78 is 5.46. The Bertz CT molecular complexity index is 157. The number of nitrogens with one attached hydrogen (secondary N) is 1. The maximum Gasteiger partial charge on any atom is 0.0709 e. The second-order valence-corrected chi connectivity index (χ2v) is 2.69. The summed E-state index contributed by atoms with van der Waals surface area (Å²) in [5.74, 6) is 5.93. The van der Waals surface area contributed by atoms with Gasteiger partial charge in [0, 0.05) is 19.1 Å². The molecule has 0 heterocycles. The molecule has 0 saturated carbocycles. The highest BCUT2D eigenvalue weighted by atomic mass is 16.5. The summed E-state index contributed by atoms with van der Waals surface area (Å²) in [5, 5.41) is 3.19. The average Bonchev–Trinajstić information content (AvgIpc) is 2.06. The zero-order chi connectivity index (χ0) is 9.40. The van der Waals surface area contributed by atoms with Crippen LogP contribution in [0, 0.1) is 11.8 Å². The molecule has 70 valence electrons. The Morgan fingerprint density at radius 1 is 1.50 bits per heavy atom. The summed E-state index contributed by atoms with van der Waals surface area (Å²) in [6, 6.07) is 0.345. The van der Waals surface area contributed by atoms with E-state index in [2.05, 4.69) is 24.1 Å². The van der Waals surface area contributed by atoms with E-state index < -0.39 is 0 Å². The molecule has 0 amide bonds. The quantitative estimate of drug-likeness (QED) is 0.628. The molecule has 0 aliphatic rings. The minimum Gasteiger partial charge on any atom is -0.377 e. The van der Waals surface area contributed by atoms with Crippen LogP contribution in [0.5, 0.6) is 0 Å². The van der Waals surface area contributed by atoms with E-state index in [0.29, 0.717) is 6.04 Å². The van der Waals surface area contributed by atoms with Crippen LogP contribution in [0.4, 0.5) is 0 Å². The van der Waals surface area contributed by atoms with Gasteiger partial charge in [0.2, 0.25) is 0 Å². The highest BCUT2D eigenvalue weighted by Crippen LogP contribution is 2.01. The Labute approximate surface area is 75.7 Å². The molecule has 0 spiro atoms. The van der Waals surface area contributed by atoms with Gasteiger partial charge in [-0.3, -0.25) is 0 Å². The van der Waals surface area contributed by atoms with E-state index in [0.717, 1.165) is 13.0 Å². The van der Waals surface area contributed by atoms with Crippen molar-refractivity contribution in [3.8, 4) is 11.8 Å². The molecule has 0 aliphatic heterocycles. The molecule has 0 aromatic rings. The lowest BCUT2D eigenvalue weighted by Gasteiger charge is -2.21. The standard InChI is InChI=1S/C10H19NO/c1-5-7-8-10(11-4)9(3)12-6-2/h9-11H,6,8H2,1-4H3. The largest absolute Gasteiger partial charge is 0.377 e. The number of likely N-dealkylation sites (N-methyl/N-ethyl adjacent to an activating group) is 1. The van der Waals surface area contributed by atoms with Crippen LogP contribution < -0.4 is 5.32 Å². The Morgan fingerprint density at radius 2 is 2.17 bits per heavy atom. The lowest BCUT2D eigenvalue weighted by molar-refractivity contribution is 0.0509. The summed E-state index contributed by atoms with van der Waals surface area (Å²) in [6.07, 6.45) is 1.09. The molecule has 0 aromatic heterocycles. The Morgan fingerprint density at radius 3 is 2.58 bits per heavy atom. The van der Waals surface area contributed by atoms with Crippen LogP contribution in [-0.4, -0.2) is 25.8 Å². The monoisotopic (exact) mass is 169 g/mol. The first-order valence-electron chi connectivity index (χ1n) is 4.44. The van der Waals surface area contributed by atoms with E-state index in [4.69, 9.17) is 4.74 Å². The van der Waals surface area contributed by atoms with Crippen molar-refractivity contribution in [2.75, 3.05) is 13.7 Å². The second kappa shape index (κ2) is 7.15. The van der Waals surface area contributed by atoms with Crippen molar-refractivity contribution >= 4 is 0 Å². The molecule has 0 radical (unpaired) electrons. The van der Waals surface area contributed by atoms with Gasteiger partial charge in [-0.05, 0) is 27.8 Å². The van der Waals surface area contributed by atoms with Crippen LogP contribution in [0.2, 0.25) is 0 Å². The Hall–Kier alpha value is -0.520. The lowest BCUT2D eigenvalue weighted by Crippen LogP contribution is -2.37. The fraction of sp³-hybridized carbons (Fsp3) is 0.800. The molecule has 0 bridgehead atoms. The van der Waals surface area contributed by atoms with E-state index in [1.807, 2.05) is 20.9 Å². The van der Waals surface area contributed by atoms with Gasteiger partial charge in [-0.1, -0.05) is 0 Å². The topological polar surface area (TPSA) is 21.3 Å². The molecule has 2 unspecified atom stereocenters. The van der Waals surface area contributed by atoms with E-state index in [1.54, 1.807) is 0 Å². The molecule has 0 rings (SSSR count). The van der Waals surface area contributed by atoms with Crippen molar-refractivity contribution in [2.45, 2.75) is 39.3 Å². The summed E-state index contributed by atoms with van der Waals surface area (Å²) in [6.45, 7) is 6.70. The van der Waals surface area contributed by atoms with E-state index >= 15 is 0 Å². The number of rotatable bonds is 5. The van der Waals surface area contributed by atoms with E-state index in [9.17, 15) is 0 Å². The van der Waals surface area contributed by atoms with Crippen molar-refractivity contribution < 1.29 is 4.74 Å². The summed E-state index contributed by atoms with van der Waals surface area (Å²) in [7, 11) is 1.94. The molecule has 0 fully saturated rings. The van der Waals surface area contributed by atoms with Gasteiger partial charge in [0.05, 0.1) is 6.10 Å². The van der Waals surface area contributed by atoms with Crippen LogP contribution in [0.25, 0.3) is 0 Å². The van der Waals surface area contributed by atoms with Crippen molar-refractivity contribution in [1.29, 1.82) is 0 Å². The molecule has 2 nitrogen and oxygen atoms in total. The third-order valence-electron chi connectivity index (χ3n) is 1.87. The van der Waals surface area contributed by atoms with Crippen LogP contribution in [0.3, 0.4) is 0 Å². The third-order valence-corrected chi connectivity index (χ3v) is 1.87. The number of hydrogen-bond donors (Lipinski definition) is 1. The number of hydrogen-bond acceptors (Lipinski definition) is 2. The molecular formula is C10H19NO. The molecule has 2 heteroatoms. The van der Waals surface area contributed by atoms with Crippen molar-refractivity contribution in [2.24, 2.45) is 0 Å². The predicted octanol–water partition coefficient (Wildman–Crippen LogP) is 1.41. The van der Waals surface area contributed by atoms with Gasteiger partial charge in [-0.2, -0.15) is 0 Å². The molecule has 12 heavy (non-hydrogen) atoms. The van der Waals surface area contributed by atoms with Crippen molar-refractivity contribution in [3.63, 3.8) is 0 Å². The van der Waals surface area contributed by atoms with E-state index in [1.165, 1.54) is 0 Å². The van der Waals surface area contributed by atoms with Gasteiger partial charge >= 0.3 is 0 Å². The molecule has 2 atom stereocenters. The fourth-order valence-corrected chi connectivity index (χ4v) is 1.09. The van der Waals surface area contributed by atoms with Crippen molar-refractivity contribution in [3.05, 3.63) is 0 Å². The van der Waals surface area contributed by atoms with Gasteiger partial charge in [0.25, 0.3) is 0 Å². The predicted molar refractivity (Wildman–Crippen MR) is 52.0 cm³/mol. The first-order valence-corrected chi connectivity index (χ1v) is 4.44.